The Balaban J connectivity index is 1.55. The molecule has 1 aliphatic carbocycles. The molecule has 0 aliphatic heterocycles. The predicted molar refractivity (Wildman–Crippen MR) is 137 cm³/mol. The number of anilines is 1. The molecule has 4 heterocycles. The molecule has 11 nitrogen and oxygen atoms in total. The van der Waals surface area contributed by atoms with Gasteiger partial charge in [0.15, 0.2) is 17.3 Å². The molecular formula is C25H26F4N8O3. The van der Waals surface area contributed by atoms with Gasteiger partial charge in [0.25, 0.3) is 11.5 Å². The van der Waals surface area contributed by atoms with Crippen molar-refractivity contribution < 1.29 is 22.4 Å². The van der Waals surface area contributed by atoms with Crippen LogP contribution in [0.4, 0.5) is 23.4 Å². The number of rotatable bonds is 8. The van der Waals surface area contributed by atoms with Gasteiger partial charge in [-0.25, -0.2) is 14.2 Å². The fraction of sp³-hybridized carbons (Fsp3) is 0.440. The summed E-state index contributed by atoms with van der Waals surface area (Å²) in [6.45, 7) is 0.892. The van der Waals surface area contributed by atoms with Crippen molar-refractivity contribution in [3.63, 3.8) is 0 Å². The minimum Gasteiger partial charge on any atom is -0.331 e. The molecule has 212 valence electrons. The normalized spacial score (nSPS) is 14.1. The van der Waals surface area contributed by atoms with Crippen molar-refractivity contribution in [1.29, 1.82) is 0 Å². The van der Waals surface area contributed by atoms with Gasteiger partial charge in [0.05, 0.1) is 12.1 Å². The van der Waals surface area contributed by atoms with E-state index >= 15 is 0 Å². The molecule has 0 bridgehead atoms. The number of aromatic amines is 1. The Hall–Kier alpha value is -4.30. The Kier molecular flexibility index (Phi) is 7.06. The van der Waals surface area contributed by atoms with Crippen LogP contribution in [0.3, 0.4) is 0 Å². The number of aryl methyl sites for hydroxylation is 2. The van der Waals surface area contributed by atoms with Gasteiger partial charge in [-0.3, -0.25) is 33.3 Å². The van der Waals surface area contributed by atoms with Crippen LogP contribution in [0.25, 0.3) is 22.7 Å². The van der Waals surface area contributed by atoms with Crippen molar-refractivity contribution in [2.24, 2.45) is 7.05 Å². The zero-order valence-electron chi connectivity index (χ0n) is 21.7. The summed E-state index contributed by atoms with van der Waals surface area (Å²) in [6, 6.07) is 2.91. The molecule has 4 aromatic rings. The third-order valence-corrected chi connectivity index (χ3v) is 6.94. The number of hydrogen-bond donors (Lipinski definition) is 1. The minimum absolute atomic E-state index is 0.0123. The van der Waals surface area contributed by atoms with Gasteiger partial charge in [0.1, 0.15) is 23.6 Å². The molecule has 1 fully saturated rings. The second-order valence-corrected chi connectivity index (χ2v) is 9.57. The molecule has 1 N–H and O–H groups in total. The highest BCUT2D eigenvalue weighted by atomic mass is 19.4. The van der Waals surface area contributed by atoms with Crippen LogP contribution in [0.15, 0.2) is 34.0 Å². The average molecular weight is 563 g/mol. The monoisotopic (exact) mass is 562 g/mol. The van der Waals surface area contributed by atoms with Crippen molar-refractivity contribution in [2.75, 3.05) is 18.1 Å². The van der Waals surface area contributed by atoms with Crippen LogP contribution in [0, 0.1) is 0 Å². The highest BCUT2D eigenvalue weighted by Crippen LogP contribution is 2.30. The zero-order chi connectivity index (χ0) is 28.8. The van der Waals surface area contributed by atoms with Gasteiger partial charge in [-0.2, -0.15) is 18.3 Å². The Labute approximate surface area is 224 Å². The lowest BCUT2D eigenvalue weighted by molar-refractivity contribution is -0.141. The molecule has 0 saturated heterocycles. The number of H-pyrrole nitrogens is 1. The maximum absolute atomic E-state index is 13.5. The maximum atomic E-state index is 13.5. The molecule has 0 spiro atoms. The van der Waals surface area contributed by atoms with E-state index in [1.807, 2.05) is 6.92 Å². The van der Waals surface area contributed by atoms with Crippen LogP contribution >= 0.6 is 0 Å². The standard InChI is InChI=1S/C25H26F4N8O3/c1-3-10-36-21-19(23(39)37(24(36)40)15-5-4-6-15)31-20(32-21)16-12-18(33-34(16)2)35(11-9-26)22(38)14-7-8-17(30-13-14)25(27,28)29/h7-8,12-13,15H,3-6,9-11H2,1-2H3,(H,31,32). The quantitative estimate of drug-likeness (QED) is 0.328. The fourth-order valence-corrected chi connectivity index (χ4v) is 4.70. The summed E-state index contributed by atoms with van der Waals surface area (Å²) in [4.78, 5) is 51.4. The fourth-order valence-electron chi connectivity index (χ4n) is 4.70. The lowest BCUT2D eigenvalue weighted by Gasteiger charge is -2.27. The summed E-state index contributed by atoms with van der Waals surface area (Å²) < 4.78 is 56.2. The van der Waals surface area contributed by atoms with E-state index in [2.05, 4.69) is 20.1 Å². The number of imidazole rings is 1. The number of aromatic nitrogens is 7. The highest BCUT2D eigenvalue weighted by molar-refractivity contribution is 6.05. The maximum Gasteiger partial charge on any atom is 0.433 e. The number of carbonyl (C=O) groups is 1. The van der Waals surface area contributed by atoms with Gasteiger partial charge in [-0.15, -0.1) is 0 Å². The van der Waals surface area contributed by atoms with Crippen molar-refractivity contribution >= 4 is 22.9 Å². The van der Waals surface area contributed by atoms with Crippen LogP contribution < -0.4 is 16.1 Å². The van der Waals surface area contributed by atoms with Gasteiger partial charge in [-0.1, -0.05) is 6.92 Å². The Morgan fingerprint density at radius 1 is 1.23 bits per heavy atom. The SMILES string of the molecule is CCCn1c(=O)n(C2CCC2)c(=O)c2[nH]c(-c3cc(N(CCF)C(=O)c4ccc(C(F)(F)F)nc4)nn3C)nc21. The van der Waals surface area contributed by atoms with Crippen molar-refractivity contribution in [2.45, 2.75) is 51.4 Å². The molecule has 0 radical (unpaired) electrons. The van der Waals surface area contributed by atoms with Gasteiger partial charge < -0.3 is 4.98 Å². The number of nitrogens with one attached hydrogen (secondary N) is 1. The number of halogens is 4. The van der Waals surface area contributed by atoms with E-state index in [0.29, 0.717) is 24.7 Å². The minimum atomic E-state index is -4.67. The van der Waals surface area contributed by atoms with Crippen LogP contribution in [-0.4, -0.2) is 53.0 Å². The third kappa shape index (κ3) is 4.69. The Bertz CT molecular complexity index is 1680. The van der Waals surface area contributed by atoms with Crippen molar-refractivity contribution in [3.05, 3.63) is 56.5 Å². The van der Waals surface area contributed by atoms with Gasteiger partial charge in [0.2, 0.25) is 0 Å². The molecule has 1 aliphatic rings. The number of nitrogens with zero attached hydrogens (tertiary/aromatic N) is 7. The number of carbonyl (C=O) groups excluding carboxylic acids is 1. The lowest BCUT2D eigenvalue weighted by Crippen LogP contribution is -2.44. The van der Waals surface area contributed by atoms with Crippen LogP contribution in [-0.2, 0) is 19.8 Å². The van der Waals surface area contributed by atoms with E-state index in [0.717, 1.165) is 36.4 Å². The van der Waals surface area contributed by atoms with E-state index < -0.39 is 42.2 Å². The molecule has 0 aromatic carbocycles. The topological polar surface area (TPSA) is 124 Å². The van der Waals surface area contributed by atoms with Crippen LogP contribution in [0.5, 0.6) is 0 Å². The molecule has 15 heteroatoms. The first-order valence-electron chi connectivity index (χ1n) is 12.8. The number of alkyl halides is 4. The lowest BCUT2D eigenvalue weighted by atomic mass is 9.93. The molecule has 1 amide bonds. The largest absolute Gasteiger partial charge is 0.433 e. The molecule has 1 saturated carbocycles. The molecule has 40 heavy (non-hydrogen) atoms. The summed E-state index contributed by atoms with van der Waals surface area (Å²) in [5.74, 6) is -0.584. The number of amides is 1. The van der Waals surface area contributed by atoms with E-state index in [9.17, 15) is 31.9 Å². The average Bonchev–Trinajstić information content (AvgIpc) is 3.49. The summed E-state index contributed by atoms with van der Waals surface area (Å²) in [5.41, 5.74) is -1.55. The first-order valence-corrected chi connectivity index (χ1v) is 12.8. The highest BCUT2D eigenvalue weighted by Gasteiger charge is 2.33. The molecular weight excluding hydrogens is 536 g/mol. The van der Waals surface area contributed by atoms with Gasteiger partial charge in [-0.05, 0) is 37.8 Å². The summed E-state index contributed by atoms with van der Waals surface area (Å²) >= 11 is 0. The summed E-state index contributed by atoms with van der Waals surface area (Å²) in [6.07, 6.45) is -0.844. The summed E-state index contributed by atoms with van der Waals surface area (Å²) in [7, 11) is 1.55. The van der Waals surface area contributed by atoms with Gasteiger partial charge >= 0.3 is 11.9 Å². The van der Waals surface area contributed by atoms with Crippen molar-refractivity contribution in [1.82, 2.24) is 33.9 Å². The first kappa shape index (κ1) is 27.3. The smallest absolute Gasteiger partial charge is 0.331 e. The van der Waals surface area contributed by atoms with E-state index in [1.165, 1.54) is 19.9 Å². The molecule has 0 unspecified atom stereocenters. The predicted octanol–water partition coefficient (Wildman–Crippen LogP) is 3.45. The second kappa shape index (κ2) is 10.4. The number of fused-ring (bicyclic) bond motifs is 1. The van der Waals surface area contributed by atoms with E-state index in [1.54, 1.807) is 7.05 Å². The van der Waals surface area contributed by atoms with Gasteiger partial charge in [0, 0.05) is 31.9 Å². The zero-order valence-corrected chi connectivity index (χ0v) is 21.7. The van der Waals surface area contributed by atoms with Crippen molar-refractivity contribution in [3.8, 4) is 11.5 Å². The third-order valence-electron chi connectivity index (χ3n) is 6.94. The van der Waals surface area contributed by atoms with E-state index in [-0.39, 0.29) is 34.4 Å². The van der Waals surface area contributed by atoms with Crippen LogP contribution in [0.2, 0.25) is 0 Å². The van der Waals surface area contributed by atoms with Crippen LogP contribution in [0.1, 0.15) is 54.7 Å². The van der Waals surface area contributed by atoms with E-state index in [4.69, 9.17) is 0 Å². The molecule has 4 aromatic heterocycles. The molecule has 0 atom stereocenters. The second-order valence-electron chi connectivity index (χ2n) is 9.57. The Morgan fingerprint density at radius 3 is 2.55 bits per heavy atom. The Morgan fingerprint density at radius 2 is 1.98 bits per heavy atom. The first-order chi connectivity index (χ1) is 19.0. The number of pyridine rings is 1. The molecule has 5 rings (SSSR count). The summed E-state index contributed by atoms with van der Waals surface area (Å²) in [5, 5.41) is 4.29. The number of hydrogen-bond acceptors (Lipinski definition) is 6.